The second-order valence-corrected chi connectivity index (χ2v) is 7.41. The average molecular weight is 420 g/mol. The van der Waals surface area contributed by atoms with Crippen molar-refractivity contribution >= 4 is 22.1 Å². The summed E-state index contributed by atoms with van der Waals surface area (Å²) in [5.74, 6) is 0.0539. The van der Waals surface area contributed by atoms with Crippen LogP contribution in [0.5, 0.6) is 11.5 Å². The van der Waals surface area contributed by atoms with E-state index in [1.165, 1.54) is 0 Å². The lowest BCUT2D eigenvalue weighted by Gasteiger charge is -2.16. The highest BCUT2D eigenvalue weighted by Gasteiger charge is 2.25. The summed E-state index contributed by atoms with van der Waals surface area (Å²) in [6, 6.07) is 22.3. The van der Waals surface area contributed by atoms with E-state index in [9.17, 15) is 10.2 Å². The number of phenolic OH excluding ortho intramolecular Hbond substituents is 2. The fraction of sp³-hybridized carbons (Fsp3) is 0. The highest BCUT2D eigenvalue weighted by Crippen LogP contribution is 2.49. The normalized spacial score (nSPS) is 11.4. The van der Waals surface area contributed by atoms with Gasteiger partial charge in [-0.05, 0) is 17.2 Å². The minimum absolute atomic E-state index is 0.0182. The van der Waals surface area contributed by atoms with Gasteiger partial charge in [-0.1, -0.05) is 60.7 Å². The summed E-state index contributed by atoms with van der Waals surface area (Å²) in [7, 11) is 0. The highest BCUT2D eigenvalue weighted by molar-refractivity contribution is 6.09. The van der Waals surface area contributed by atoms with Gasteiger partial charge in [0.1, 0.15) is 33.6 Å². The third-order valence-corrected chi connectivity index (χ3v) is 5.57. The molecule has 0 atom stereocenters. The molecule has 0 saturated heterocycles. The van der Waals surface area contributed by atoms with Crippen LogP contribution in [0.15, 0.2) is 72.8 Å². The number of H-pyrrole nitrogens is 2. The zero-order valence-corrected chi connectivity index (χ0v) is 16.6. The summed E-state index contributed by atoms with van der Waals surface area (Å²) in [4.78, 5) is 0. The topological polar surface area (TPSA) is 124 Å². The minimum atomic E-state index is 0.0182. The Bertz CT molecular complexity index is 1590. The van der Waals surface area contributed by atoms with Crippen LogP contribution >= 0.6 is 0 Å². The number of fused-ring (bicyclic) bond motifs is 2. The van der Waals surface area contributed by atoms with Crippen LogP contribution in [-0.4, -0.2) is 41.0 Å². The molecule has 0 unspecified atom stereocenters. The molecule has 0 aliphatic carbocycles. The summed E-state index contributed by atoms with van der Waals surface area (Å²) < 4.78 is 0. The van der Waals surface area contributed by atoms with Gasteiger partial charge in [0.15, 0.2) is 0 Å². The molecule has 0 saturated carbocycles. The molecule has 8 heteroatoms. The van der Waals surface area contributed by atoms with E-state index in [1.54, 1.807) is 12.1 Å². The molecular formula is C24H16N6O2. The largest absolute Gasteiger partial charge is 0.507 e. The molecule has 6 rings (SSSR count). The van der Waals surface area contributed by atoms with E-state index in [4.69, 9.17) is 0 Å². The molecule has 32 heavy (non-hydrogen) atoms. The molecule has 2 aromatic heterocycles. The predicted molar refractivity (Wildman–Crippen MR) is 121 cm³/mol. The van der Waals surface area contributed by atoms with Gasteiger partial charge in [-0.15, -0.1) is 0 Å². The highest BCUT2D eigenvalue weighted by atomic mass is 16.3. The Hall–Kier alpha value is -4.72. The van der Waals surface area contributed by atoms with Crippen LogP contribution in [0.1, 0.15) is 0 Å². The van der Waals surface area contributed by atoms with Gasteiger partial charge in [0, 0.05) is 22.8 Å². The zero-order chi connectivity index (χ0) is 21.7. The van der Waals surface area contributed by atoms with E-state index in [2.05, 4.69) is 30.8 Å². The van der Waals surface area contributed by atoms with Gasteiger partial charge in [-0.25, -0.2) is 0 Å². The first kappa shape index (κ1) is 18.1. The lowest BCUT2D eigenvalue weighted by molar-refractivity contribution is 0.477. The van der Waals surface area contributed by atoms with Crippen LogP contribution in [0.3, 0.4) is 0 Å². The molecular weight excluding hydrogens is 404 g/mol. The van der Waals surface area contributed by atoms with Crippen molar-refractivity contribution in [3.05, 3.63) is 72.8 Å². The van der Waals surface area contributed by atoms with Crippen molar-refractivity contribution in [1.29, 1.82) is 0 Å². The number of aromatic hydroxyl groups is 2. The number of aromatic amines is 2. The summed E-state index contributed by atoms with van der Waals surface area (Å²) in [5.41, 5.74) is 5.84. The van der Waals surface area contributed by atoms with Crippen LogP contribution in [-0.2, 0) is 0 Å². The maximum absolute atomic E-state index is 11.5. The van der Waals surface area contributed by atoms with E-state index in [0.717, 1.165) is 11.1 Å². The van der Waals surface area contributed by atoms with Crippen molar-refractivity contribution in [3.8, 4) is 44.9 Å². The molecule has 0 bridgehead atoms. The number of nitrogens with one attached hydrogen (secondary N) is 2. The number of hydrogen-bond acceptors (Lipinski definition) is 6. The van der Waals surface area contributed by atoms with Crippen LogP contribution in [0, 0.1) is 0 Å². The third kappa shape index (κ3) is 2.63. The molecule has 0 radical (unpaired) electrons. The van der Waals surface area contributed by atoms with Crippen molar-refractivity contribution in [2.45, 2.75) is 0 Å². The number of aromatic nitrogens is 6. The molecule has 8 nitrogen and oxygen atoms in total. The monoisotopic (exact) mass is 420 g/mol. The summed E-state index contributed by atoms with van der Waals surface area (Å²) in [6.07, 6.45) is 0. The number of phenols is 2. The lowest BCUT2D eigenvalue weighted by atomic mass is 9.89. The molecule has 4 N–H and O–H groups in total. The fourth-order valence-corrected chi connectivity index (χ4v) is 4.18. The first-order valence-electron chi connectivity index (χ1n) is 9.96. The van der Waals surface area contributed by atoms with Gasteiger partial charge in [0.05, 0.1) is 5.56 Å². The number of nitrogens with zero attached hydrogens (tertiary/aromatic N) is 4. The molecule has 0 amide bonds. The Morgan fingerprint density at radius 1 is 0.562 bits per heavy atom. The van der Waals surface area contributed by atoms with Crippen LogP contribution < -0.4 is 0 Å². The van der Waals surface area contributed by atoms with Crippen molar-refractivity contribution in [3.63, 3.8) is 0 Å². The van der Waals surface area contributed by atoms with Gasteiger partial charge < -0.3 is 10.2 Å². The maximum atomic E-state index is 11.5. The average Bonchev–Trinajstić information content (AvgIpc) is 3.48. The Kier molecular flexibility index (Phi) is 3.91. The van der Waals surface area contributed by atoms with Gasteiger partial charge in [-0.3, -0.25) is 0 Å². The summed E-state index contributed by atoms with van der Waals surface area (Å²) in [5, 5.41) is 44.8. The smallest absolute Gasteiger partial charge is 0.133 e. The van der Waals surface area contributed by atoms with Crippen molar-refractivity contribution in [2.24, 2.45) is 0 Å². The number of hydrogen-bond donors (Lipinski definition) is 4. The lowest BCUT2D eigenvalue weighted by Crippen LogP contribution is -1.92. The molecule has 6 aromatic rings. The Morgan fingerprint density at radius 2 is 1.09 bits per heavy atom. The Labute approximate surface area is 181 Å². The van der Waals surface area contributed by atoms with Crippen molar-refractivity contribution in [2.75, 3.05) is 0 Å². The van der Waals surface area contributed by atoms with Gasteiger partial charge >= 0.3 is 0 Å². The summed E-state index contributed by atoms with van der Waals surface area (Å²) >= 11 is 0. The van der Waals surface area contributed by atoms with E-state index >= 15 is 0 Å². The van der Waals surface area contributed by atoms with Crippen LogP contribution in [0.4, 0.5) is 0 Å². The third-order valence-electron chi connectivity index (χ3n) is 5.57. The SMILES string of the molecule is Oc1cc2n[nH]nc2c(-c2cc3n[nH]nc3c(-c3ccccc3)c2O)c1-c1ccccc1. The summed E-state index contributed by atoms with van der Waals surface area (Å²) in [6.45, 7) is 0. The maximum Gasteiger partial charge on any atom is 0.133 e. The molecule has 4 aromatic carbocycles. The van der Waals surface area contributed by atoms with E-state index in [1.807, 2.05) is 60.7 Å². The van der Waals surface area contributed by atoms with Crippen LogP contribution in [0.25, 0.3) is 55.4 Å². The molecule has 0 aliphatic rings. The predicted octanol–water partition coefficient (Wildman–Crippen LogP) is 4.64. The van der Waals surface area contributed by atoms with Crippen molar-refractivity contribution < 1.29 is 10.2 Å². The van der Waals surface area contributed by atoms with Gasteiger partial charge in [0.25, 0.3) is 0 Å². The van der Waals surface area contributed by atoms with Gasteiger partial charge in [-0.2, -0.15) is 30.8 Å². The Morgan fingerprint density at radius 3 is 1.72 bits per heavy atom. The first-order chi connectivity index (χ1) is 15.7. The standard InChI is InChI=1S/C24H16N6O2/c31-18-12-17-23(28-30-26-17)21(19(18)13-7-3-1-4-8-13)15-11-16-22(27-29-25-16)20(24(15)32)14-9-5-2-6-10-14/h1-12,31-32H,(H,25,27,29)(H,26,28,30). The second kappa shape index (κ2) is 6.92. The minimum Gasteiger partial charge on any atom is -0.507 e. The fourth-order valence-electron chi connectivity index (χ4n) is 4.18. The molecule has 0 spiro atoms. The molecule has 2 heterocycles. The van der Waals surface area contributed by atoms with Crippen LogP contribution in [0.2, 0.25) is 0 Å². The first-order valence-corrected chi connectivity index (χ1v) is 9.96. The number of rotatable bonds is 3. The second-order valence-electron chi connectivity index (χ2n) is 7.41. The van der Waals surface area contributed by atoms with E-state index in [-0.39, 0.29) is 11.5 Å². The quantitative estimate of drug-likeness (QED) is 0.331. The van der Waals surface area contributed by atoms with Crippen molar-refractivity contribution in [1.82, 2.24) is 30.8 Å². The molecule has 0 fully saturated rings. The molecule has 0 aliphatic heterocycles. The van der Waals surface area contributed by atoms with E-state index in [0.29, 0.717) is 44.3 Å². The number of benzene rings is 4. The molecule has 154 valence electrons. The zero-order valence-electron chi connectivity index (χ0n) is 16.6. The van der Waals surface area contributed by atoms with E-state index < -0.39 is 0 Å². The Balaban J connectivity index is 1.77. The van der Waals surface area contributed by atoms with Gasteiger partial charge in [0.2, 0.25) is 0 Å².